The number of ether oxygens (including phenoxy) is 1. The van der Waals surface area contributed by atoms with E-state index in [9.17, 15) is 0 Å². The molecule has 1 aliphatic rings. The predicted molar refractivity (Wildman–Crippen MR) is 55.7 cm³/mol. The second kappa shape index (κ2) is 4.20. The lowest BCUT2D eigenvalue weighted by atomic mass is 10.3. The van der Waals surface area contributed by atoms with E-state index >= 15 is 0 Å². The van der Waals surface area contributed by atoms with Crippen molar-refractivity contribution in [3.8, 4) is 0 Å². The Morgan fingerprint density at radius 2 is 2.57 bits per heavy atom. The molecular weight excluding hydrogens is 200 g/mol. The van der Waals surface area contributed by atoms with E-state index in [-0.39, 0.29) is 6.10 Å². The summed E-state index contributed by atoms with van der Waals surface area (Å²) in [6, 6.07) is 0. The van der Waals surface area contributed by atoms with Crippen molar-refractivity contribution in [2.75, 3.05) is 31.1 Å². The van der Waals surface area contributed by atoms with Gasteiger partial charge in [0.05, 0.1) is 12.7 Å². The summed E-state index contributed by atoms with van der Waals surface area (Å²) < 4.78 is 9.63. The summed E-state index contributed by atoms with van der Waals surface area (Å²) in [6.45, 7) is 4.89. The summed E-state index contributed by atoms with van der Waals surface area (Å²) in [5.74, 6) is 0.834. The fraction of sp³-hybridized carbons (Fsp3) is 0.750. The molecule has 1 aromatic rings. The highest BCUT2D eigenvalue weighted by Gasteiger charge is 2.21. The molecule has 1 atom stereocenters. The molecule has 1 saturated heterocycles. The van der Waals surface area contributed by atoms with Crippen LogP contribution in [0, 0.1) is 6.92 Å². The molecule has 5 nitrogen and oxygen atoms in total. The highest BCUT2D eigenvalue weighted by Crippen LogP contribution is 2.19. The fourth-order valence-corrected chi connectivity index (χ4v) is 2.16. The minimum absolute atomic E-state index is 0.132. The van der Waals surface area contributed by atoms with Crippen molar-refractivity contribution in [2.24, 2.45) is 5.73 Å². The van der Waals surface area contributed by atoms with Gasteiger partial charge >= 0.3 is 0 Å². The molecule has 0 amide bonds. The molecule has 78 valence electrons. The van der Waals surface area contributed by atoms with Crippen LogP contribution < -0.4 is 10.6 Å². The van der Waals surface area contributed by atoms with Gasteiger partial charge in [-0.1, -0.05) is 0 Å². The van der Waals surface area contributed by atoms with Crippen molar-refractivity contribution >= 4 is 16.7 Å². The minimum Gasteiger partial charge on any atom is -0.373 e. The van der Waals surface area contributed by atoms with Gasteiger partial charge in [0.15, 0.2) is 0 Å². The van der Waals surface area contributed by atoms with E-state index in [4.69, 9.17) is 10.5 Å². The lowest BCUT2D eigenvalue weighted by Crippen LogP contribution is -2.45. The summed E-state index contributed by atoms with van der Waals surface area (Å²) in [4.78, 5) is 6.53. The van der Waals surface area contributed by atoms with E-state index < -0.39 is 0 Å². The van der Waals surface area contributed by atoms with E-state index in [1.54, 1.807) is 0 Å². The maximum atomic E-state index is 5.56. The summed E-state index contributed by atoms with van der Waals surface area (Å²) in [5.41, 5.74) is 5.56. The lowest BCUT2D eigenvalue weighted by Gasteiger charge is -2.31. The molecule has 1 fully saturated rings. The van der Waals surface area contributed by atoms with Gasteiger partial charge < -0.3 is 15.4 Å². The zero-order valence-electron chi connectivity index (χ0n) is 8.14. The Kier molecular flexibility index (Phi) is 2.95. The SMILES string of the molecule is Cc1nsc(N2CCOC(CN)C2)n1. The third-order valence-corrected chi connectivity index (χ3v) is 3.06. The van der Waals surface area contributed by atoms with Crippen molar-refractivity contribution in [3.05, 3.63) is 5.82 Å². The largest absolute Gasteiger partial charge is 0.373 e. The molecule has 0 spiro atoms. The van der Waals surface area contributed by atoms with Gasteiger partial charge in [-0.25, -0.2) is 4.98 Å². The Bertz CT molecular complexity index is 303. The molecule has 1 unspecified atom stereocenters. The molecule has 0 bridgehead atoms. The van der Waals surface area contributed by atoms with Gasteiger partial charge in [0.1, 0.15) is 5.82 Å². The van der Waals surface area contributed by atoms with Crippen LogP contribution in [0.4, 0.5) is 5.13 Å². The molecule has 6 heteroatoms. The monoisotopic (exact) mass is 214 g/mol. The second-order valence-electron chi connectivity index (χ2n) is 3.30. The highest BCUT2D eigenvalue weighted by molar-refractivity contribution is 7.09. The fourth-order valence-electron chi connectivity index (χ4n) is 1.45. The van der Waals surface area contributed by atoms with Crippen molar-refractivity contribution in [1.82, 2.24) is 9.36 Å². The Morgan fingerprint density at radius 3 is 3.21 bits per heavy atom. The number of morpholine rings is 1. The Balaban J connectivity index is 2.04. The molecule has 2 N–H and O–H groups in total. The summed E-state index contributed by atoms with van der Waals surface area (Å²) >= 11 is 1.44. The van der Waals surface area contributed by atoms with Gasteiger partial charge in [-0.05, 0) is 6.92 Å². The van der Waals surface area contributed by atoms with E-state index in [0.29, 0.717) is 6.54 Å². The third kappa shape index (κ3) is 2.02. The maximum absolute atomic E-state index is 5.56. The van der Waals surface area contributed by atoms with E-state index in [1.807, 2.05) is 6.92 Å². The van der Waals surface area contributed by atoms with Crippen LogP contribution in [0.25, 0.3) is 0 Å². The molecule has 1 aliphatic heterocycles. The smallest absolute Gasteiger partial charge is 0.205 e. The number of aromatic nitrogens is 2. The Labute approximate surface area is 87.0 Å². The first-order valence-electron chi connectivity index (χ1n) is 4.66. The van der Waals surface area contributed by atoms with Crippen LogP contribution >= 0.6 is 11.5 Å². The van der Waals surface area contributed by atoms with E-state index in [0.717, 1.165) is 30.7 Å². The zero-order chi connectivity index (χ0) is 9.97. The van der Waals surface area contributed by atoms with E-state index in [2.05, 4.69) is 14.3 Å². The average Bonchev–Trinajstić information content (AvgIpc) is 2.65. The Morgan fingerprint density at radius 1 is 1.71 bits per heavy atom. The first kappa shape index (κ1) is 9.82. The van der Waals surface area contributed by atoms with Gasteiger partial charge in [-0.15, -0.1) is 0 Å². The van der Waals surface area contributed by atoms with Crippen LogP contribution in [0.1, 0.15) is 5.82 Å². The van der Waals surface area contributed by atoms with Crippen LogP contribution in [0.5, 0.6) is 0 Å². The molecule has 14 heavy (non-hydrogen) atoms. The molecule has 0 aromatic carbocycles. The number of hydrogen-bond acceptors (Lipinski definition) is 6. The van der Waals surface area contributed by atoms with Gasteiger partial charge in [-0.3, -0.25) is 0 Å². The number of anilines is 1. The first-order valence-corrected chi connectivity index (χ1v) is 5.44. The second-order valence-corrected chi connectivity index (χ2v) is 4.03. The van der Waals surface area contributed by atoms with Crippen molar-refractivity contribution in [2.45, 2.75) is 13.0 Å². The number of rotatable bonds is 2. The molecule has 2 heterocycles. The Hall–Kier alpha value is -0.720. The van der Waals surface area contributed by atoms with Crippen LogP contribution in [-0.4, -0.2) is 41.7 Å². The number of nitrogens with zero attached hydrogens (tertiary/aromatic N) is 3. The van der Waals surface area contributed by atoms with Crippen molar-refractivity contribution < 1.29 is 4.74 Å². The van der Waals surface area contributed by atoms with Gasteiger partial charge in [0.25, 0.3) is 0 Å². The minimum atomic E-state index is 0.132. The van der Waals surface area contributed by atoms with Gasteiger partial charge in [0, 0.05) is 31.2 Å². The third-order valence-electron chi connectivity index (χ3n) is 2.19. The number of hydrogen-bond donors (Lipinski definition) is 1. The lowest BCUT2D eigenvalue weighted by molar-refractivity contribution is 0.0465. The van der Waals surface area contributed by atoms with Gasteiger partial charge in [0.2, 0.25) is 5.13 Å². The van der Waals surface area contributed by atoms with Crippen LogP contribution in [0.2, 0.25) is 0 Å². The molecular formula is C8H14N4OS. The van der Waals surface area contributed by atoms with Crippen LogP contribution in [0.3, 0.4) is 0 Å². The average molecular weight is 214 g/mol. The zero-order valence-corrected chi connectivity index (χ0v) is 8.96. The summed E-state index contributed by atoms with van der Waals surface area (Å²) in [5, 5.41) is 0.976. The predicted octanol–water partition coefficient (Wildman–Crippen LogP) is 0.0104. The quantitative estimate of drug-likeness (QED) is 0.751. The molecule has 2 rings (SSSR count). The molecule has 0 saturated carbocycles. The maximum Gasteiger partial charge on any atom is 0.205 e. The standard InChI is InChI=1S/C8H14N4OS/c1-6-10-8(14-11-6)12-2-3-13-7(4-9)5-12/h7H,2-5,9H2,1H3. The number of aryl methyl sites for hydroxylation is 1. The van der Waals surface area contributed by atoms with Crippen LogP contribution in [0.15, 0.2) is 0 Å². The molecule has 1 aromatic heterocycles. The van der Waals surface area contributed by atoms with Crippen molar-refractivity contribution in [1.29, 1.82) is 0 Å². The number of nitrogens with two attached hydrogens (primary N) is 1. The van der Waals surface area contributed by atoms with Gasteiger partial charge in [-0.2, -0.15) is 4.37 Å². The topological polar surface area (TPSA) is 64.3 Å². The van der Waals surface area contributed by atoms with Crippen LogP contribution in [-0.2, 0) is 4.74 Å². The summed E-state index contributed by atoms with van der Waals surface area (Å²) in [7, 11) is 0. The molecule has 0 radical (unpaired) electrons. The van der Waals surface area contributed by atoms with Crippen molar-refractivity contribution in [3.63, 3.8) is 0 Å². The van der Waals surface area contributed by atoms with E-state index in [1.165, 1.54) is 11.5 Å². The normalized spacial score (nSPS) is 22.7. The first-order chi connectivity index (χ1) is 6.79. The molecule has 0 aliphatic carbocycles. The highest BCUT2D eigenvalue weighted by atomic mass is 32.1. The summed E-state index contributed by atoms with van der Waals surface area (Å²) in [6.07, 6.45) is 0.132.